The van der Waals surface area contributed by atoms with Crippen molar-refractivity contribution in [3.63, 3.8) is 0 Å². The maximum atomic E-state index is 12.5. The Kier molecular flexibility index (Phi) is 2.15. The largest absolute Gasteiger partial charge is 0.508 e. The van der Waals surface area contributed by atoms with Gasteiger partial charge in [-0.2, -0.15) is 5.26 Å². The number of phenols is 2. The second kappa shape index (κ2) is 3.09. The summed E-state index contributed by atoms with van der Waals surface area (Å²) in [6.07, 6.45) is -0.0559. The van der Waals surface area contributed by atoms with Crippen LogP contribution in [0.4, 0.5) is 4.39 Å². The van der Waals surface area contributed by atoms with Crippen LogP contribution < -0.4 is 0 Å². The minimum atomic E-state index is -0.894. The number of hydrogen-bond donors (Lipinski definition) is 2. The van der Waals surface area contributed by atoms with Gasteiger partial charge in [0.2, 0.25) is 0 Å². The van der Waals surface area contributed by atoms with Crippen molar-refractivity contribution in [1.29, 1.82) is 5.26 Å². The lowest BCUT2D eigenvalue weighted by atomic mass is 10.1. The Morgan fingerprint density at radius 1 is 1.33 bits per heavy atom. The van der Waals surface area contributed by atoms with Crippen molar-refractivity contribution in [2.45, 2.75) is 6.42 Å². The van der Waals surface area contributed by atoms with Crippen molar-refractivity contribution < 1.29 is 14.6 Å². The van der Waals surface area contributed by atoms with Crippen LogP contribution in [0.15, 0.2) is 12.1 Å². The van der Waals surface area contributed by atoms with Crippen molar-refractivity contribution in [2.75, 3.05) is 0 Å². The van der Waals surface area contributed by atoms with Crippen molar-refractivity contribution in [3.8, 4) is 17.6 Å². The van der Waals surface area contributed by atoms with E-state index in [1.807, 2.05) is 0 Å². The second-order valence-corrected chi connectivity index (χ2v) is 2.27. The minimum absolute atomic E-state index is 0.0559. The molecule has 3 nitrogen and oxygen atoms in total. The molecule has 0 aromatic heterocycles. The number of benzene rings is 1. The Labute approximate surface area is 68.3 Å². The molecule has 0 amide bonds. The average molecular weight is 167 g/mol. The molecular weight excluding hydrogens is 161 g/mol. The summed E-state index contributed by atoms with van der Waals surface area (Å²) >= 11 is 0. The molecule has 0 radical (unpaired) electrons. The Bertz CT molecular complexity index is 344. The Balaban J connectivity index is 3.16. The van der Waals surface area contributed by atoms with Crippen molar-refractivity contribution in [3.05, 3.63) is 23.5 Å². The van der Waals surface area contributed by atoms with Gasteiger partial charge >= 0.3 is 0 Å². The van der Waals surface area contributed by atoms with Crippen LogP contribution in [0, 0.1) is 17.1 Å². The summed E-state index contributed by atoms with van der Waals surface area (Å²) in [6, 6.07) is 3.59. The van der Waals surface area contributed by atoms with Gasteiger partial charge in [0.1, 0.15) is 5.75 Å². The van der Waals surface area contributed by atoms with Crippen LogP contribution in [-0.4, -0.2) is 10.2 Å². The number of hydrogen-bond acceptors (Lipinski definition) is 3. The van der Waals surface area contributed by atoms with Gasteiger partial charge in [0.05, 0.1) is 12.5 Å². The highest BCUT2D eigenvalue weighted by Crippen LogP contribution is 2.25. The summed E-state index contributed by atoms with van der Waals surface area (Å²) in [5.41, 5.74) is 0.219. The van der Waals surface area contributed by atoms with Crippen molar-refractivity contribution in [1.82, 2.24) is 0 Å². The molecule has 4 heteroatoms. The van der Waals surface area contributed by atoms with Crippen LogP contribution in [0.1, 0.15) is 5.56 Å². The topological polar surface area (TPSA) is 64.2 Å². The molecule has 62 valence electrons. The van der Waals surface area contributed by atoms with E-state index >= 15 is 0 Å². The van der Waals surface area contributed by atoms with Gasteiger partial charge in [0, 0.05) is 11.6 Å². The molecule has 0 aliphatic carbocycles. The summed E-state index contributed by atoms with van der Waals surface area (Å²) in [6.45, 7) is 0. The molecule has 1 aromatic carbocycles. The van der Waals surface area contributed by atoms with Gasteiger partial charge in [0.25, 0.3) is 0 Å². The van der Waals surface area contributed by atoms with Gasteiger partial charge in [-0.25, -0.2) is 4.39 Å². The van der Waals surface area contributed by atoms with Crippen LogP contribution in [0.3, 0.4) is 0 Å². The van der Waals surface area contributed by atoms with Crippen LogP contribution in [-0.2, 0) is 6.42 Å². The molecule has 0 aliphatic heterocycles. The van der Waals surface area contributed by atoms with Gasteiger partial charge in [-0.15, -0.1) is 0 Å². The lowest BCUT2D eigenvalue weighted by molar-refractivity contribution is 0.419. The van der Waals surface area contributed by atoms with Gasteiger partial charge in [0.15, 0.2) is 11.6 Å². The number of phenolic OH excluding ortho intramolecular Hbond substituents is 2. The third-order valence-corrected chi connectivity index (χ3v) is 1.42. The molecule has 0 heterocycles. The molecule has 0 saturated carbocycles. The van der Waals surface area contributed by atoms with E-state index in [9.17, 15) is 4.39 Å². The zero-order valence-corrected chi connectivity index (χ0v) is 6.08. The van der Waals surface area contributed by atoms with E-state index in [0.717, 1.165) is 12.1 Å². The molecule has 12 heavy (non-hydrogen) atoms. The minimum Gasteiger partial charge on any atom is -0.508 e. The second-order valence-electron chi connectivity index (χ2n) is 2.27. The maximum Gasteiger partial charge on any atom is 0.168 e. The van der Waals surface area contributed by atoms with E-state index in [4.69, 9.17) is 15.5 Å². The Morgan fingerprint density at radius 3 is 2.58 bits per heavy atom. The standard InChI is InChI=1S/C8H6FNO2/c9-6-4-7(11)5(1-2-10)3-8(6)12/h3-4,11-12H,1H2. The Morgan fingerprint density at radius 2 is 2.00 bits per heavy atom. The summed E-state index contributed by atoms with van der Waals surface area (Å²) in [5, 5.41) is 26.2. The fraction of sp³-hybridized carbons (Fsp3) is 0.125. The molecule has 1 rings (SSSR count). The van der Waals surface area contributed by atoms with E-state index in [0.29, 0.717) is 0 Å². The predicted molar refractivity (Wildman–Crippen MR) is 39.0 cm³/mol. The number of nitriles is 1. The molecule has 0 unspecified atom stereocenters. The molecule has 0 fully saturated rings. The fourth-order valence-corrected chi connectivity index (χ4v) is 0.821. The highest BCUT2D eigenvalue weighted by Gasteiger charge is 2.07. The van der Waals surface area contributed by atoms with Crippen LogP contribution in [0.2, 0.25) is 0 Å². The van der Waals surface area contributed by atoms with E-state index in [1.54, 1.807) is 6.07 Å². The highest BCUT2D eigenvalue weighted by molar-refractivity contribution is 5.41. The van der Waals surface area contributed by atoms with Crippen LogP contribution in [0.5, 0.6) is 11.5 Å². The number of rotatable bonds is 1. The number of aromatic hydroxyl groups is 2. The summed E-state index contributed by atoms with van der Waals surface area (Å²) in [7, 11) is 0. The Hall–Kier alpha value is -1.76. The maximum absolute atomic E-state index is 12.5. The smallest absolute Gasteiger partial charge is 0.168 e. The van der Waals surface area contributed by atoms with Gasteiger partial charge in [-0.05, 0) is 6.07 Å². The first-order valence-corrected chi connectivity index (χ1v) is 3.22. The normalized spacial score (nSPS) is 9.33. The quantitative estimate of drug-likeness (QED) is 0.619. The number of nitrogens with zero attached hydrogens (tertiary/aromatic N) is 1. The third kappa shape index (κ3) is 1.45. The van der Waals surface area contributed by atoms with Crippen molar-refractivity contribution >= 4 is 0 Å². The molecule has 0 spiro atoms. The predicted octanol–water partition coefficient (Wildman–Crippen LogP) is 1.30. The fourth-order valence-electron chi connectivity index (χ4n) is 0.821. The van der Waals surface area contributed by atoms with Gasteiger partial charge in [-0.3, -0.25) is 0 Å². The van der Waals surface area contributed by atoms with Gasteiger partial charge in [-0.1, -0.05) is 0 Å². The highest BCUT2D eigenvalue weighted by atomic mass is 19.1. The summed E-state index contributed by atoms with van der Waals surface area (Å²) < 4.78 is 12.5. The molecule has 0 atom stereocenters. The summed E-state index contributed by atoms with van der Waals surface area (Å²) in [4.78, 5) is 0. The summed E-state index contributed by atoms with van der Waals surface area (Å²) in [5.74, 6) is -1.76. The lowest BCUT2D eigenvalue weighted by Gasteiger charge is -2.01. The van der Waals surface area contributed by atoms with E-state index < -0.39 is 11.6 Å². The lowest BCUT2D eigenvalue weighted by Crippen LogP contribution is -1.85. The monoisotopic (exact) mass is 167 g/mol. The van der Waals surface area contributed by atoms with E-state index in [1.165, 1.54) is 0 Å². The molecule has 0 bridgehead atoms. The molecule has 0 saturated heterocycles. The first kappa shape index (κ1) is 8.34. The zero-order chi connectivity index (χ0) is 9.14. The third-order valence-electron chi connectivity index (χ3n) is 1.42. The van der Waals surface area contributed by atoms with Gasteiger partial charge < -0.3 is 10.2 Å². The van der Waals surface area contributed by atoms with Crippen LogP contribution >= 0.6 is 0 Å². The molecular formula is C8H6FNO2. The first-order valence-electron chi connectivity index (χ1n) is 3.22. The molecule has 0 aliphatic rings. The molecule has 1 aromatic rings. The van der Waals surface area contributed by atoms with E-state index in [-0.39, 0.29) is 17.7 Å². The average Bonchev–Trinajstić information content (AvgIpc) is 2.01. The number of halogens is 1. The van der Waals surface area contributed by atoms with Crippen LogP contribution in [0.25, 0.3) is 0 Å². The van der Waals surface area contributed by atoms with Crippen molar-refractivity contribution in [2.24, 2.45) is 0 Å². The zero-order valence-electron chi connectivity index (χ0n) is 6.08. The first-order chi connectivity index (χ1) is 5.65. The molecule has 2 N–H and O–H groups in total. The SMILES string of the molecule is N#CCc1cc(O)c(F)cc1O. The van der Waals surface area contributed by atoms with E-state index in [2.05, 4.69) is 0 Å².